The number of aryl methyl sites for hydroxylation is 2. The van der Waals surface area contributed by atoms with Gasteiger partial charge in [-0.15, -0.1) is 0 Å². The zero-order valence-corrected chi connectivity index (χ0v) is 35.5. The summed E-state index contributed by atoms with van der Waals surface area (Å²) in [6.45, 7) is 10.4. The van der Waals surface area contributed by atoms with E-state index in [4.69, 9.17) is 9.47 Å². The average molecular weight is 827 g/mol. The number of aromatic nitrogens is 6. The van der Waals surface area contributed by atoms with Crippen LogP contribution in [0.4, 0.5) is 11.5 Å². The number of nitrogens with one attached hydrogen (secondary N) is 1. The van der Waals surface area contributed by atoms with Gasteiger partial charge in [-0.05, 0) is 106 Å². The highest BCUT2D eigenvalue weighted by Crippen LogP contribution is 2.44. The number of piperidine rings is 2. The van der Waals surface area contributed by atoms with Gasteiger partial charge in [0.2, 0.25) is 0 Å². The molecule has 1 spiro atoms. The molecule has 61 heavy (non-hydrogen) atoms. The first kappa shape index (κ1) is 39.2. The van der Waals surface area contributed by atoms with Crippen LogP contribution in [-0.2, 0) is 20.6 Å². The molecule has 0 unspecified atom stereocenters. The van der Waals surface area contributed by atoms with Gasteiger partial charge in [0.15, 0.2) is 5.82 Å². The molecule has 4 saturated heterocycles. The van der Waals surface area contributed by atoms with Crippen LogP contribution in [0.3, 0.4) is 0 Å². The SMILES string of the molecule is COc1cc(-c2cn(C)c(=O)c3cnc(N4CCC4)cc23)cc(OC)c1CN1CCC(CN2CCC3(CC2)CN(c2ccc4c(-n5ccc(=O)[nH]c5=O)nn(C)c4c2)C3)CC1. The molecule has 4 aliphatic rings. The molecule has 10 rings (SSSR count). The van der Waals surface area contributed by atoms with Crippen LogP contribution in [0.2, 0.25) is 0 Å². The number of fused-ring (bicyclic) bond motifs is 2. The second kappa shape index (κ2) is 15.5. The Hall–Kier alpha value is -5.93. The van der Waals surface area contributed by atoms with Gasteiger partial charge in [-0.1, -0.05) is 0 Å². The number of hydrogen-bond donors (Lipinski definition) is 1. The van der Waals surface area contributed by atoms with Crippen LogP contribution < -0.4 is 36.1 Å². The van der Waals surface area contributed by atoms with Gasteiger partial charge in [0.25, 0.3) is 11.1 Å². The van der Waals surface area contributed by atoms with Crippen molar-refractivity contribution in [2.45, 2.75) is 38.6 Å². The van der Waals surface area contributed by atoms with E-state index in [1.54, 1.807) is 36.7 Å². The van der Waals surface area contributed by atoms with Gasteiger partial charge in [-0.3, -0.25) is 28.7 Å². The molecular formula is C46H54N10O5. The fourth-order valence-corrected chi connectivity index (χ4v) is 10.2. The number of pyridine rings is 2. The van der Waals surface area contributed by atoms with Crippen LogP contribution in [0.15, 0.2) is 75.4 Å². The van der Waals surface area contributed by atoms with Gasteiger partial charge in [0, 0.05) is 105 Å². The number of hydrogen-bond acceptors (Lipinski definition) is 11. The van der Waals surface area contributed by atoms with E-state index >= 15 is 0 Å². The normalized spacial score (nSPS) is 18.5. The predicted octanol–water partition coefficient (Wildman–Crippen LogP) is 4.37. The lowest BCUT2D eigenvalue weighted by Gasteiger charge is -2.55. The maximum absolute atomic E-state index is 13.1. The first-order valence-corrected chi connectivity index (χ1v) is 21.6. The minimum Gasteiger partial charge on any atom is -0.496 e. The van der Waals surface area contributed by atoms with Gasteiger partial charge < -0.3 is 28.7 Å². The van der Waals surface area contributed by atoms with E-state index in [-0.39, 0.29) is 5.56 Å². The predicted molar refractivity (Wildman–Crippen MR) is 238 cm³/mol. The lowest BCUT2D eigenvalue weighted by Crippen LogP contribution is -2.60. The summed E-state index contributed by atoms with van der Waals surface area (Å²) < 4.78 is 16.9. The van der Waals surface area contributed by atoms with Gasteiger partial charge in [-0.2, -0.15) is 5.10 Å². The number of H-pyrrole nitrogens is 1. The molecule has 0 radical (unpaired) electrons. The largest absolute Gasteiger partial charge is 0.496 e. The quantitative estimate of drug-likeness (QED) is 0.211. The third-order valence-electron chi connectivity index (χ3n) is 14.0. The third-order valence-corrected chi connectivity index (χ3v) is 14.0. The van der Waals surface area contributed by atoms with E-state index in [1.807, 2.05) is 19.3 Å². The fraction of sp³-hybridized carbons (Fsp3) is 0.457. The minimum atomic E-state index is -0.498. The average Bonchev–Trinajstić information content (AvgIpc) is 3.56. The summed E-state index contributed by atoms with van der Waals surface area (Å²) in [5.74, 6) is 3.68. The number of methoxy groups -OCH3 is 2. The molecule has 0 aliphatic carbocycles. The number of aromatic amines is 1. The van der Waals surface area contributed by atoms with Crippen LogP contribution in [0.5, 0.6) is 11.5 Å². The maximum atomic E-state index is 13.1. The van der Waals surface area contributed by atoms with Crippen molar-refractivity contribution in [3.63, 3.8) is 0 Å². The van der Waals surface area contributed by atoms with Crippen molar-refractivity contribution in [2.75, 3.05) is 82.9 Å². The van der Waals surface area contributed by atoms with Crippen molar-refractivity contribution in [1.29, 1.82) is 0 Å². The Morgan fingerprint density at radius 2 is 1.56 bits per heavy atom. The van der Waals surface area contributed by atoms with Crippen LogP contribution >= 0.6 is 0 Å². The molecule has 0 atom stereocenters. The third kappa shape index (κ3) is 7.16. The first-order valence-electron chi connectivity index (χ1n) is 21.6. The van der Waals surface area contributed by atoms with Crippen molar-refractivity contribution in [2.24, 2.45) is 25.4 Å². The van der Waals surface area contributed by atoms with E-state index in [0.29, 0.717) is 22.5 Å². The number of nitrogens with zero attached hydrogens (tertiary/aromatic N) is 9. The van der Waals surface area contributed by atoms with Crippen LogP contribution in [-0.4, -0.2) is 112 Å². The Morgan fingerprint density at radius 3 is 2.23 bits per heavy atom. The zero-order valence-electron chi connectivity index (χ0n) is 35.5. The van der Waals surface area contributed by atoms with Crippen LogP contribution in [0, 0.1) is 11.3 Å². The molecule has 8 heterocycles. The molecule has 2 aromatic carbocycles. The fourth-order valence-electron chi connectivity index (χ4n) is 10.2. The Morgan fingerprint density at radius 1 is 0.820 bits per heavy atom. The molecule has 4 aromatic heterocycles. The summed E-state index contributed by atoms with van der Waals surface area (Å²) in [7, 11) is 7.13. The molecule has 15 nitrogen and oxygen atoms in total. The number of rotatable bonds is 10. The van der Waals surface area contributed by atoms with Crippen molar-refractivity contribution < 1.29 is 9.47 Å². The Balaban J connectivity index is 0.746. The highest BCUT2D eigenvalue weighted by Gasteiger charge is 2.45. The maximum Gasteiger partial charge on any atom is 0.334 e. The van der Waals surface area contributed by atoms with E-state index in [1.165, 1.54) is 48.2 Å². The lowest BCUT2D eigenvalue weighted by molar-refractivity contribution is 0.0567. The van der Waals surface area contributed by atoms with E-state index in [0.717, 1.165) is 122 Å². The van der Waals surface area contributed by atoms with Crippen molar-refractivity contribution in [3.8, 4) is 28.4 Å². The van der Waals surface area contributed by atoms with Crippen molar-refractivity contribution >= 4 is 33.2 Å². The molecule has 0 bridgehead atoms. The summed E-state index contributed by atoms with van der Waals surface area (Å²) in [6.07, 6.45) is 11.0. The van der Waals surface area contributed by atoms with Crippen LogP contribution in [0.1, 0.15) is 37.7 Å². The van der Waals surface area contributed by atoms with E-state index < -0.39 is 11.2 Å². The Bertz CT molecular complexity index is 2790. The summed E-state index contributed by atoms with van der Waals surface area (Å²) >= 11 is 0. The Labute approximate surface area is 353 Å². The van der Waals surface area contributed by atoms with Gasteiger partial charge in [0.05, 0.1) is 30.7 Å². The molecule has 4 fully saturated rings. The lowest BCUT2D eigenvalue weighted by atomic mass is 9.71. The molecule has 4 aliphatic heterocycles. The topological polar surface area (TPSA) is 139 Å². The number of anilines is 2. The number of benzene rings is 2. The van der Waals surface area contributed by atoms with Gasteiger partial charge in [0.1, 0.15) is 17.3 Å². The van der Waals surface area contributed by atoms with Crippen molar-refractivity contribution in [1.82, 2.24) is 38.7 Å². The standard InChI is InChI=1S/C46H54N10O5/c1-50-26-36(34-23-41(54-13-5-14-54)47-24-35(34)44(50)58)31-20-39(60-3)37(40(21-31)61-4)27-52-15-8-30(9-16-52)25-53-18-11-46(12-19-53)28-55(29-46)32-6-7-33-38(22-32)51(2)49-43(33)56-17-10-42(57)48-45(56)59/h6-7,10,17,20-24,26,30H,5,8-9,11-16,18-19,25,27-29H2,1-4H3,(H,48,57,59). The smallest absolute Gasteiger partial charge is 0.334 e. The zero-order chi connectivity index (χ0) is 42.0. The van der Waals surface area contributed by atoms with Crippen molar-refractivity contribution in [3.05, 3.63) is 97.8 Å². The van der Waals surface area contributed by atoms with Gasteiger partial charge in [-0.25, -0.2) is 9.78 Å². The summed E-state index contributed by atoms with van der Waals surface area (Å²) in [5.41, 5.74) is 4.45. The first-order chi connectivity index (χ1) is 29.6. The monoisotopic (exact) mass is 826 g/mol. The molecule has 1 N–H and O–H groups in total. The molecule has 6 aromatic rings. The molecule has 318 valence electrons. The molecule has 0 saturated carbocycles. The highest BCUT2D eigenvalue weighted by molar-refractivity contribution is 5.97. The van der Waals surface area contributed by atoms with Gasteiger partial charge >= 0.3 is 5.69 Å². The van der Waals surface area contributed by atoms with E-state index in [2.05, 4.69) is 65.0 Å². The number of likely N-dealkylation sites (tertiary alicyclic amines) is 2. The second-order valence-electron chi connectivity index (χ2n) is 17.8. The number of ether oxygens (including phenoxy) is 2. The summed E-state index contributed by atoms with van der Waals surface area (Å²) in [4.78, 5) is 54.1. The summed E-state index contributed by atoms with van der Waals surface area (Å²) in [6, 6.07) is 13.9. The van der Waals surface area contributed by atoms with Crippen LogP contribution in [0.25, 0.3) is 38.6 Å². The molecule has 15 heteroatoms. The summed E-state index contributed by atoms with van der Waals surface area (Å²) in [5, 5.41) is 6.97. The second-order valence-corrected chi connectivity index (χ2v) is 17.8. The van der Waals surface area contributed by atoms with E-state index in [9.17, 15) is 14.4 Å². The minimum absolute atomic E-state index is 0.0606. The Kier molecular flexibility index (Phi) is 9.98. The molecular weight excluding hydrogens is 773 g/mol. The molecule has 0 amide bonds. The highest BCUT2D eigenvalue weighted by atomic mass is 16.5.